The fraction of sp³-hybridized carbons (Fsp3) is 0.833. The second kappa shape index (κ2) is 4.94. The van der Waals surface area contributed by atoms with Crippen LogP contribution < -0.4 is 5.32 Å². The van der Waals surface area contributed by atoms with E-state index >= 15 is 0 Å². The molecule has 0 aromatic rings. The van der Waals surface area contributed by atoms with Crippen LogP contribution in [0.4, 0.5) is 0 Å². The van der Waals surface area contributed by atoms with Crippen LogP contribution >= 0.6 is 0 Å². The van der Waals surface area contributed by atoms with Gasteiger partial charge in [0.15, 0.2) is 0 Å². The summed E-state index contributed by atoms with van der Waals surface area (Å²) in [5, 5.41) is 3.57. The standard InChI is InChI=1S/C12H24N2/c1-11(2)6-9-14-8-5-7-13-12(3,4)10-14/h13H,1,5-10H2,2-4H3. The molecule has 0 bridgehead atoms. The van der Waals surface area contributed by atoms with Gasteiger partial charge < -0.3 is 10.2 Å². The van der Waals surface area contributed by atoms with E-state index in [0.717, 1.165) is 19.5 Å². The summed E-state index contributed by atoms with van der Waals surface area (Å²) in [6.45, 7) is 15.3. The van der Waals surface area contributed by atoms with Crippen LogP contribution in [0.5, 0.6) is 0 Å². The highest BCUT2D eigenvalue weighted by Crippen LogP contribution is 2.11. The molecule has 0 radical (unpaired) electrons. The van der Waals surface area contributed by atoms with Crippen molar-refractivity contribution in [3.63, 3.8) is 0 Å². The molecule has 0 aromatic carbocycles. The van der Waals surface area contributed by atoms with E-state index < -0.39 is 0 Å². The normalized spacial score (nSPS) is 23.1. The van der Waals surface area contributed by atoms with Crippen molar-refractivity contribution in [1.82, 2.24) is 10.2 Å². The van der Waals surface area contributed by atoms with Gasteiger partial charge in [-0.3, -0.25) is 0 Å². The van der Waals surface area contributed by atoms with Gasteiger partial charge >= 0.3 is 0 Å². The van der Waals surface area contributed by atoms with E-state index in [0.29, 0.717) is 0 Å². The summed E-state index contributed by atoms with van der Waals surface area (Å²) in [7, 11) is 0. The molecule has 0 aliphatic carbocycles. The Morgan fingerprint density at radius 2 is 2.21 bits per heavy atom. The Labute approximate surface area is 88.4 Å². The van der Waals surface area contributed by atoms with Crippen LogP contribution in [0.1, 0.15) is 33.6 Å². The van der Waals surface area contributed by atoms with Crippen molar-refractivity contribution in [2.75, 3.05) is 26.2 Å². The van der Waals surface area contributed by atoms with Crippen LogP contribution in [0.2, 0.25) is 0 Å². The van der Waals surface area contributed by atoms with Crippen molar-refractivity contribution >= 4 is 0 Å². The Morgan fingerprint density at radius 1 is 1.50 bits per heavy atom. The minimum absolute atomic E-state index is 0.269. The first-order chi connectivity index (χ1) is 6.49. The molecule has 2 nitrogen and oxygen atoms in total. The van der Waals surface area contributed by atoms with E-state index in [1.165, 1.54) is 25.1 Å². The molecular formula is C12H24N2. The van der Waals surface area contributed by atoms with E-state index in [1.807, 2.05) is 0 Å². The predicted octanol–water partition coefficient (Wildman–Crippen LogP) is 2.03. The third-order valence-corrected chi connectivity index (χ3v) is 2.73. The Hall–Kier alpha value is -0.340. The SMILES string of the molecule is C=C(C)CCN1CCCNC(C)(C)C1. The first kappa shape index (κ1) is 11.7. The van der Waals surface area contributed by atoms with Crippen LogP contribution in [0.3, 0.4) is 0 Å². The number of hydrogen-bond acceptors (Lipinski definition) is 2. The van der Waals surface area contributed by atoms with Crippen molar-refractivity contribution in [1.29, 1.82) is 0 Å². The summed E-state index contributed by atoms with van der Waals surface area (Å²) in [4.78, 5) is 2.55. The molecule has 14 heavy (non-hydrogen) atoms. The molecule has 1 N–H and O–H groups in total. The lowest BCUT2D eigenvalue weighted by atomic mass is 10.1. The highest BCUT2D eigenvalue weighted by molar-refractivity contribution is 4.91. The van der Waals surface area contributed by atoms with Gasteiger partial charge in [0.2, 0.25) is 0 Å². The Kier molecular flexibility index (Phi) is 4.14. The minimum Gasteiger partial charge on any atom is -0.310 e. The van der Waals surface area contributed by atoms with Gasteiger partial charge in [-0.15, -0.1) is 6.58 Å². The minimum atomic E-state index is 0.269. The quantitative estimate of drug-likeness (QED) is 0.695. The van der Waals surface area contributed by atoms with Crippen molar-refractivity contribution in [3.8, 4) is 0 Å². The molecule has 0 amide bonds. The molecule has 1 rings (SSSR count). The van der Waals surface area contributed by atoms with E-state index in [2.05, 4.69) is 37.6 Å². The van der Waals surface area contributed by atoms with Crippen LogP contribution in [-0.4, -0.2) is 36.6 Å². The Balaban J connectivity index is 2.39. The van der Waals surface area contributed by atoms with Crippen molar-refractivity contribution < 1.29 is 0 Å². The number of nitrogens with one attached hydrogen (secondary N) is 1. The topological polar surface area (TPSA) is 15.3 Å². The van der Waals surface area contributed by atoms with Gasteiger partial charge in [0.05, 0.1) is 0 Å². The molecule has 0 aromatic heterocycles. The zero-order valence-corrected chi connectivity index (χ0v) is 9.90. The van der Waals surface area contributed by atoms with Crippen molar-refractivity contribution in [2.45, 2.75) is 39.2 Å². The van der Waals surface area contributed by atoms with Crippen molar-refractivity contribution in [3.05, 3.63) is 12.2 Å². The maximum atomic E-state index is 3.96. The summed E-state index contributed by atoms with van der Waals surface area (Å²) in [6, 6.07) is 0. The maximum absolute atomic E-state index is 3.96. The Bertz CT molecular complexity index is 196. The highest BCUT2D eigenvalue weighted by Gasteiger charge is 2.23. The Morgan fingerprint density at radius 3 is 2.86 bits per heavy atom. The zero-order valence-electron chi connectivity index (χ0n) is 9.90. The molecule has 1 heterocycles. The lowest BCUT2D eigenvalue weighted by Crippen LogP contribution is -2.46. The lowest BCUT2D eigenvalue weighted by molar-refractivity contribution is 0.233. The third-order valence-electron chi connectivity index (χ3n) is 2.73. The van der Waals surface area contributed by atoms with Crippen molar-refractivity contribution in [2.24, 2.45) is 0 Å². The second-order valence-electron chi connectivity index (χ2n) is 5.15. The van der Waals surface area contributed by atoms with Crippen LogP contribution in [-0.2, 0) is 0 Å². The molecule has 1 saturated heterocycles. The summed E-state index contributed by atoms with van der Waals surface area (Å²) in [5.74, 6) is 0. The van der Waals surface area contributed by atoms with Gasteiger partial charge in [0, 0.05) is 18.6 Å². The van der Waals surface area contributed by atoms with Gasteiger partial charge in [0.25, 0.3) is 0 Å². The fourth-order valence-corrected chi connectivity index (χ4v) is 1.96. The molecule has 1 aliphatic rings. The molecule has 2 heteroatoms. The van der Waals surface area contributed by atoms with Gasteiger partial charge in [-0.25, -0.2) is 0 Å². The van der Waals surface area contributed by atoms with Crippen LogP contribution in [0.25, 0.3) is 0 Å². The number of nitrogens with zero attached hydrogens (tertiary/aromatic N) is 1. The highest BCUT2D eigenvalue weighted by atomic mass is 15.2. The molecule has 0 unspecified atom stereocenters. The predicted molar refractivity (Wildman–Crippen MR) is 62.6 cm³/mol. The van der Waals surface area contributed by atoms with Gasteiger partial charge in [0.1, 0.15) is 0 Å². The maximum Gasteiger partial charge on any atom is 0.0252 e. The second-order valence-corrected chi connectivity index (χ2v) is 5.15. The van der Waals surface area contributed by atoms with Crippen LogP contribution in [0, 0.1) is 0 Å². The molecular weight excluding hydrogens is 172 g/mol. The fourth-order valence-electron chi connectivity index (χ4n) is 1.96. The van der Waals surface area contributed by atoms with E-state index in [9.17, 15) is 0 Å². The number of rotatable bonds is 3. The molecule has 82 valence electrons. The third kappa shape index (κ3) is 4.25. The summed E-state index contributed by atoms with van der Waals surface area (Å²) in [6.07, 6.45) is 2.40. The van der Waals surface area contributed by atoms with Gasteiger partial charge in [-0.05, 0) is 46.7 Å². The van der Waals surface area contributed by atoms with E-state index in [1.54, 1.807) is 0 Å². The average molecular weight is 196 g/mol. The summed E-state index contributed by atoms with van der Waals surface area (Å²) >= 11 is 0. The average Bonchev–Trinajstić information content (AvgIpc) is 2.22. The van der Waals surface area contributed by atoms with E-state index in [-0.39, 0.29) is 5.54 Å². The first-order valence-electron chi connectivity index (χ1n) is 5.61. The van der Waals surface area contributed by atoms with Crippen LogP contribution in [0.15, 0.2) is 12.2 Å². The molecule has 0 spiro atoms. The monoisotopic (exact) mass is 196 g/mol. The summed E-state index contributed by atoms with van der Waals surface area (Å²) in [5.41, 5.74) is 1.56. The number of hydrogen-bond donors (Lipinski definition) is 1. The molecule has 1 aliphatic heterocycles. The zero-order chi connectivity index (χ0) is 10.6. The van der Waals surface area contributed by atoms with Gasteiger partial charge in [-0.1, -0.05) is 5.57 Å². The molecule has 0 atom stereocenters. The first-order valence-corrected chi connectivity index (χ1v) is 5.61. The smallest absolute Gasteiger partial charge is 0.0252 e. The van der Waals surface area contributed by atoms with Gasteiger partial charge in [-0.2, -0.15) is 0 Å². The molecule has 1 fully saturated rings. The molecule has 0 saturated carbocycles. The van der Waals surface area contributed by atoms with E-state index in [4.69, 9.17) is 0 Å². The lowest BCUT2D eigenvalue weighted by Gasteiger charge is -2.30. The largest absolute Gasteiger partial charge is 0.310 e. The summed E-state index contributed by atoms with van der Waals surface area (Å²) < 4.78 is 0.